The van der Waals surface area contributed by atoms with Gasteiger partial charge in [0.15, 0.2) is 0 Å². The number of rotatable bonds is 10. The molecule has 0 aliphatic heterocycles. The van der Waals surface area contributed by atoms with Crippen molar-refractivity contribution in [2.24, 2.45) is 9.98 Å². The molecular weight excluding hydrogens is 745 g/mol. The van der Waals surface area contributed by atoms with Crippen LogP contribution < -0.4 is 0 Å². The first-order valence-corrected chi connectivity index (χ1v) is 18.8. The fourth-order valence-electron chi connectivity index (χ4n) is 5.66. The number of esters is 2. The SMILES string of the molecule is N#CC(C#N)=Nc1ccc(-c2cc3c(s2)-c2sc(-c4ccc(N=C(C#N)C#N)s4)cc2C3(C(=O)OCc2ccccc2)C(=O)OCc2ccccc2)s1. The Bertz CT molecular complexity index is 2410. The van der Waals surface area contributed by atoms with E-state index in [0.717, 1.165) is 30.6 Å². The predicted octanol–water partition coefficient (Wildman–Crippen LogP) is 9.26. The van der Waals surface area contributed by atoms with Gasteiger partial charge in [0, 0.05) is 30.6 Å². The zero-order valence-electron chi connectivity index (χ0n) is 27.1. The van der Waals surface area contributed by atoms with Crippen molar-refractivity contribution in [2.45, 2.75) is 18.6 Å². The van der Waals surface area contributed by atoms with Gasteiger partial charge in [0.1, 0.15) is 47.5 Å². The van der Waals surface area contributed by atoms with Crippen LogP contribution in [0.1, 0.15) is 22.3 Å². The van der Waals surface area contributed by atoms with Gasteiger partial charge in [-0.2, -0.15) is 21.0 Å². The maximum Gasteiger partial charge on any atom is 0.333 e. The molecule has 0 N–H and O–H groups in total. The van der Waals surface area contributed by atoms with Crippen molar-refractivity contribution in [1.82, 2.24) is 0 Å². The monoisotopic (exact) mass is 764 g/mol. The number of carbonyl (C=O) groups is 2. The molecule has 0 saturated carbocycles. The fourth-order valence-corrected chi connectivity index (χ4v) is 10.2. The standard InChI is InChI=1S/C39H20N6O4S4/c40-17-25(18-41)44-33-13-11-29(50-33)31-15-27-35(52-31)36-28(16-32(53-36)30-12-14-34(51-30)45-26(19-42)20-43)39(27,37(46)48-21-23-7-3-1-4-8-23)38(47)49-22-24-9-5-2-6-10-24/h1-16H,21-22H2. The van der Waals surface area contributed by atoms with Crippen LogP contribution in [0.25, 0.3) is 29.3 Å². The number of hydrogen-bond donors (Lipinski definition) is 0. The molecule has 0 saturated heterocycles. The second-order valence-corrected chi connectivity index (χ2v) is 15.5. The van der Waals surface area contributed by atoms with Crippen LogP contribution in [-0.4, -0.2) is 23.4 Å². The predicted molar refractivity (Wildman–Crippen MR) is 204 cm³/mol. The number of hydrogen-bond acceptors (Lipinski definition) is 14. The van der Waals surface area contributed by atoms with Crippen molar-refractivity contribution in [1.29, 1.82) is 21.0 Å². The van der Waals surface area contributed by atoms with Crippen LogP contribution in [0.5, 0.6) is 0 Å². The summed E-state index contributed by atoms with van der Waals surface area (Å²) in [5, 5.41) is 37.7. The molecule has 254 valence electrons. The summed E-state index contributed by atoms with van der Waals surface area (Å²) in [6.07, 6.45) is 0. The smallest absolute Gasteiger partial charge is 0.333 e. The molecule has 0 bridgehead atoms. The molecule has 2 aromatic carbocycles. The van der Waals surface area contributed by atoms with E-state index in [1.165, 1.54) is 45.3 Å². The Hall–Kier alpha value is -6.52. The zero-order chi connectivity index (χ0) is 37.0. The van der Waals surface area contributed by atoms with Gasteiger partial charge in [-0.15, -0.1) is 45.3 Å². The molecule has 6 aromatic rings. The van der Waals surface area contributed by atoms with E-state index in [-0.39, 0.29) is 24.6 Å². The molecule has 0 spiro atoms. The van der Waals surface area contributed by atoms with Crippen molar-refractivity contribution in [3.63, 3.8) is 0 Å². The van der Waals surface area contributed by atoms with E-state index in [4.69, 9.17) is 9.47 Å². The molecule has 0 atom stereocenters. The molecule has 1 aliphatic carbocycles. The number of thiophene rings is 4. The number of benzene rings is 2. The summed E-state index contributed by atoms with van der Waals surface area (Å²) < 4.78 is 12.0. The van der Waals surface area contributed by atoms with Crippen molar-refractivity contribution >= 4 is 78.7 Å². The molecule has 10 nitrogen and oxygen atoms in total. The van der Waals surface area contributed by atoms with Crippen molar-refractivity contribution in [3.8, 4) is 53.5 Å². The second-order valence-electron chi connectivity index (χ2n) is 11.2. The van der Waals surface area contributed by atoms with Gasteiger partial charge in [-0.1, -0.05) is 60.7 Å². The quantitative estimate of drug-likeness (QED) is 0.0754. The van der Waals surface area contributed by atoms with Crippen molar-refractivity contribution in [3.05, 3.63) is 119 Å². The van der Waals surface area contributed by atoms with Gasteiger partial charge in [-0.05, 0) is 47.5 Å². The first kappa shape index (κ1) is 34.9. The third-order valence-corrected chi connectivity index (χ3v) is 12.8. The lowest BCUT2D eigenvalue weighted by atomic mass is 9.79. The van der Waals surface area contributed by atoms with Crippen molar-refractivity contribution < 1.29 is 19.1 Å². The van der Waals surface area contributed by atoms with Crippen LogP contribution >= 0.6 is 45.3 Å². The lowest BCUT2D eigenvalue weighted by Crippen LogP contribution is -2.45. The average molecular weight is 765 g/mol. The Morgan fingerprint density at radius 1 is 0.547 bits per heavy atom. The van der Waals surface area contributed by atoms with Crippen LogP contribution in [0.3, 0.4) is 0 Å². The number of nitrogens with zero attached hydrogens (tertiary/aromatic N) is 6. The molecule has 4 aromatic heterocycles. The van der Waals surface area contributed by atoms with Crippen LogP contribution in [0.2, 0.25) is 0 Å². The van der Waals surface area contributed by atoms with E-state index < -0.39 is 17.4 Å². The highest BCUT2D eigenvalue weighted by atomic mass is 32.1. The molecule has 14 heteroatoms. The normalized spacial score (nSPS) is 11.8. The number of ether oxygens (including phenoxy) is 2. The lowest BCUT2D eigenvalue weighted by molar-refractivity contribution is -0.164. The van der Waals surface area contributed by atoms with E-state index in [2.05, 4.69) is 9.98 Å². The van der Waals surface area contributed by atoms with Crippen LogP contribution in [0, 0.1) is 45.3 Å². The number of aliphatic imine (C=N–C) groups is 2. The van der Waals surface area contributed by atoms with Gasteiger partial charge < -0.3 is 9.47 Å². The van der Waals surface area contributed by atoms with Crippen molar-refractivity contribution in [2.75, 3.05) is 0 Å². The molecule has 53 heavy (non-hydrogen) atoms. The van der Waals surface area contributed by atoms with Crippen LogP contribution in [-0.2, 0) is 37.7 Å². The number of nitriles is 4. The molecule has 0 radical (unpaired) electrons. The van der Waals surface area contributed by atoms with Crippen LogP contribution in [0.15, 0.2) is 107 Å². The van der Waals surface area contributed by atoms with E-state index >= 15 is 0 Å². The highest BCUT2D eigenvalue weighted by molar-refractivity contribution is 7.30. The molecule has 0 unspecified atom stereocenters. The lowest BCUT2D eigenvalue weighted by Gasteiger charge is -2.26. The van der Waals surface area contributed by atoms with Gasteiger partial charge in [-0.3, -0.25) is 9.59 Å². The summed E-state index contributed by atoms with van der Waals surface area (Å²) in [5.74, 6) is -1.58. The minimum atomic E-state index is -1.99. The van der Waals surface area contributed by atoms with Gasteiger partial charge in [-0.25, -0.2) is 9.98 Å². The topological polar surface area (TPSA) is 172 Å². The molecule has 7 rings (SSSR count). The largest absolute Gasteiger partial charge is 0.459 e. The number of fused-ring (bicyclic) bond motifs is 3. The molecular formula is C39H20N6O4S4. The summed E-state index contributed by atoms with van der Waals surface area (Å²) in [4.78, 5) is 42.1. The minimum absolute atomic E-state index is 0.0785. The van der Waals surface area contributed by atoms with E-state index in [0.29, 0.717) is 30.9 Å². The van der Waals surface area contributed by atoms with E-state index in [1.54, 1.807) is 48.5 Å². The second kappa shape index (κ2) is 15.0. The summed E-state index contributed by atoms with van der Waals surface area (Å²) in [7, 11) is 0. The molecule has 1 aliphatic rings. The maximum atomic E-state index is 14.7. The summed E-state index contributed by atoms with van der Waals surface area (Å²) in [6.45, 7) is -0.157. The highest BCUT2D eigenvalue weighted by Gasteiger charge is 2.60. The Labute approximate surface area is 318 Å². The van der Waals surface area contributed by atoms with Gasteiger partial charge >= 0.3 is 11.9 Å². The summed E-state index contributed by atoms with van der Waals surface area (Å²) in [6, 6.07) is 36.1. The third kappa shape index (κ3) is 6.68. The van der Waals surface area contributed by atoms with Gasteiger partial charge in [0.05, 0.1) is 9.75 Å². The third-order valence-electron chi connectivity index (χ3n) is 8.05. The fraction of sp³-hybridized carbons (Fsp3) is 0.0769. The molecule has 0 fully saturated rings. The maximum absolute atomic E-state index is 14.7. The van der Waals surface area contributed by atoms with Gasteiger partial charge in [0.25, 0.3) is 0 Å². The van der Waals surface area contributed by atoms with E-state index in [9.17, 15) is 30.6 Å². The Morgan fingerprint density at radius 3 is 1.32 bits per heavy atom. The molecule has 0 amide bonds. The van der Waals surface area contributed by atoms with E-state index in [1.807, 2.05) is 72.8 Å². The average Bonchev–Trinajstić information content (AvgIpc) is 4.03. The number of carbonyl (C=O) groups excluding carboxylic acids is 2. The zero-order valence-corrected chi connectivity index (χ0v) is 30.4. The van der Waals surface area contributed by atoms with Gasteiger partial charge in [0.2, 0.25) is 16.8 Å². The Kier molecular flexibility index (Phi) is 9.87. The first-order valence-electron chi connectivity index (χ1n) is 15.6. The first-order chi connectivity index (χ1) is 25.9. The summed E-state index contributed by atoms with van der Waals surface area (Å²) >= 11 is 5.31. The Balaban J connectivity index is 1.38. The highest BCUT2D eigenvalue weighted by Crippen LogP contribution is 2.60. The summed E-state index contributed by atoms with van der Waals surface area (Å²) in [5.41, 5.74) is -0.197. The Morgan fingerprint density at radius 2 is 0.943 bits per heavy atom. The molecule has 4 heterocycles. The minimum Gasteiger partial charge on any atom is -0.459 e. The van der Waals surface area contributed by atoms with Crippen LogP contribution in [0.4, 0.5) is 10.0 Å².